The molecule has 6 heteroatoms. The number of hydrogen-bond donors (Lipinski definition) is 0. The zero-order valence-electron chi connectivity index (χ0n) is 18.1. The number of carbonyl (C=O) groups is 1. The van der Waals surface area contributed by atoms with Crippen molar-refractivity contribution in [1.29, 1.82) is 0 Å². The van der Waals surface area contributed by atoms with Gasteiger partial charge in [0.15, 0.2) is 5.76 Å². The summed E-state index contributed by atoms with van der Waals surface area (Å²) in [7, 11) is 0. The van der Waals surface area contributed by atoms with E-state index in [0.717, 1.165) is 17.5 Å². The molecule has 0 saturated carbocycles. The average Bonchev–Trinajstić information content (AvgIpc) is 3.22. The van der Waals surface area contributed by atoms with Crippen molar-refractivity contribution in [3.8, 4) is 11.3 Å². The molecule has 2 heterocycles. The van der Waals surface area contributed by atoms with E-state index in [0.29, 0.717) is 29.9 Å². The van der Waals surface area contributed by atoms with Crippen LogP contribution in [-0.4, -0.2) is 41.6 Å². The van der Waals surface area contributed by atoms with Crippen molar-refractivity contribution >= 4 is 22.5 Å². The first-order chi connectivity index (χ1) is 15.5. The van der Waals surface area contributed by atoms with Crippen LogP contribution in [0.1, 0.15) is 22.8 Å². The molecule has 162 valence electrons. The van der Waals surface area contributed by atoms with E-state index in [1.807, 2.05) is 11.0 Å². The molecule has 1 aliphatic heterocycles. The fraction of sp³-hybridized carbons (Fsp3) is 0.231. The van der Waals surface area contributed by atoms with E-state index in [4.69, 9.17) is 4.52 Å². The van der Waals surface area contributed by atoms with Crippen LogP contribution in [-0.2, 0) is 0 Å². The van der Waals surface area contributed by atoms with Gasteiger partial charge in [-0.05, 0) is 74.0 Å². The van der Waals surface area contributed by atoms with Crippen molar-refractivity contribution in [2.75, 3.05) is 24.5 Å². The molecular weight excluding hydrogens is 405 g/mol. The van der Waals surface area contributed by atoms with Crippen molar-refractivity contribution < 1.29 is 13.7 Å². The number of halogens is 1. The summed E-state index contributed by atoms with van der Waals surface area (Å²) in [4.78, 5) is 17.6. The quantitative estimate of drug-likeness (QED) is 0.444. The van der Waals surface area contributed by atoms with Gasteiger partial charge in [-0.25, -0.2) is 4.39 Å². The Kier molecular flexibility index (Phi) is 5.13. The largest absolute Gasteiger partial charge is 0.365 e. The number of hydrogen-bond acceptors (Lipinski definition) is 4. The fourth-order valence-corrected chi connectivity index (χ4v) is 4.40. The van der Waals surface area contributed by atoms with Crippen LogP contribution in [0.25, 0.3) is 22.2 Å². The molecule has 1 aromatic heterocycles. The minimum absolute atomic E-state index is 0.00565. The van der Waals surface area contributed by atoms with Crippen molar-refractivity contribution in [3.05, 3.63) is 83.7 Å². The third kappa shape index (κ3) is 3.73. The maximum absolute atomic E-state index is 13.3. The number of aryl methyl sites for hydroxylation is 1. The lowest BCUT2D eigenvalue weighted by molar-refractivity contribution is 0.0726. The number of aromatic nitrogens is 1. The number of piperazine rings is 1. The molecule has 1 aliphatic rings. The lowest BCUT2D eigenvalue weighted by atomic mass is 10.0. The first kappa shape index (κ1) is 20.2. The van der Waals surface area contributed by atoms with E-state index >= 15 is 0 Å². The van der Waals surface area contributed by atoms with Crippen LogP contribution in [0.5, 0.6) is 0 Å². The van der Waals surface area contributed by atoms with Crippen LogP contribution in [0.2, 0.25) is 0 Å². The molecule has 4 aromatic rings. The summed E-state index contributed by atoms with van der Waals surface area (Å²) >= 11 is 0. The monoisotopic (exact) mass is 429 g/mol. The Hall–Kier alpha value is -3.67. The summed E-state index contributed by atoms with van der Waals surface area (Å²) in [6, 6.07) is 20.2. The van der Waals surface area contributed by atoms with Crippen molar-refractivity contribution in [2.45, 2.75) is 19.9 Å². The van der Waals surface area contributed by atoms with Crippen molar-refractivity contribution in [3.63, 3.8) is 0 Å². The smallest absolute Gasteiger partial charge is 0.254 e. The summed E-state index contributed by atoms with van der Waals surface area (Å²) < 4.78 is 18.8. The Morgan fingerprint density at radius 1 is 1.06 bits per heavy atom. The summed E-state index contributed by atoms with van der Waals surface area (Å²) in [6.07, 6.45) is 0. The van der Waals surface area contributed by atoms with Gasteiger partial charge >= 0.3 is 0 Å². The van der Waals surface area contributed by atoms with Gasteiger partial charge in [-0.1, -0.05) is 17.3 Å². The second-order valence-electron chi connectivity index (χ2n) is 8.38. The highest BCUT2D eigenvalue weighted by Gasteiger charge is 2.28. The SMILES string of the molecule is Cc1cccc(N2CCN(C(=O)c3ccc4noc(-c5ccc(F)cc5)c4c3)C[C@H]2C)c1. The Balaban J connectivity index is 1.38. The van der Waals surface area contributed by atoms with E-state index in [1.54, 1.807) is 24.3 Å². The second kappa shape index (κ2) is 8.11. The normalized spacial score (nSPS) is 16.5. The predicted molar refractivity (Wildman–Crippen MR) is 123 cm³/mol. The van der Waals surface area contributed by atoms with Crippen molar-refractivity contribution in [1.82, 2.24) is 10.1 Å². The molecule has 32 heavy (non-hydrogen) atoms. The maximum atomic E-state index is 13.3. The molecule has 0 aliphatic carbocycles. The number of fused-ring (bicyclic) bond motifs is 1. The third-order valence-electron chi connectivity index (χ3n) is 6.08. The van der Waals surface area contributed by atoms with Gasteiger partial charge in [0, 0.05) is 42.5 Å². The molecule has 0 unspecified atom stereocenters. The van der Waals surface area contributed by atoms with Gasteiger partial charge in [0.2, 0.25) is 0 Å². The molecule has 1 fully saturated rings. The third-order valence-corrected chi connectivity index (χ3v) is 6.08. The molecule has 0 bridgehead atoms. The highest BCUT2D eigenvalue weighted by atomic mass is 19.1. The van der Waals surface area contributed by atoms with Crippen LogP contribution in [0.15, 0.2) is 71.3 Å². The van der Waals surface area contributed by atoms with Gasteiger partial charge < -0.3 is 14.3 Å². The lowest BCUT2D eigenvalue weighted by Gasteiger charge is -2.41. The van der Waals surface area contributed by atoms with E-state index < -0.39 is 0 Å². The van der Waals surface area contributed by atoms with Crippen LogP contribution in [0.4, 0.5) is 10.1 Å². The minimum atomic E-state index is -0.313. The van der Waals surface area contributed by atoms with Gasteiger partial charge in [0.25, 0.3) is 5.91 Å². The number of carbonyl (C=O) groups excluding carboxylic acids is 1. The van der Waals surface area contributed by atoms with E-state index in [2.05, 4.69) is 48.2 Å². The average molecular weight is 429 g/mol. The molecular formula is C26H24FN3O2. The number of nitrogens with zero attached hydrogens (tertiary/aromatic N) is 3. The molecule has 0 spiro atoms. The Morgan fingerprint density at radius 2 is 1.88 bits per heavy atom. The molecule has 3 aromatic carbocycles. The molecule has 1 amide bonds. The maximum Gasteiger partial charge on any atom is 0.254 e. The number of benzene rings is 3. The summed E-state index contributed by atoms with van der Waals surface area (Å²) in [5.74, 6) is 0.216. The standard InChI is InChI=1S/C26H24FN3O2/c1-17-4-3-5-22(14-17)30-13-12-29(16-18(30)2)26(31)20-8-11-24-23(15-20)25(32-28-24)19-6-9-21(27)10-7-19/h3-11,14-15,18H,12-13,16H2,1-2H3/t18-/m1/s1. The molecule has 5 nitrogen and oxygen atoms in total. The molecule has 5 rings (SSSR count). The van der Waals surface area contributed by atoms with E-state index in [1.165, 1.54) is 23.4 Å². The van der Waals surface area contributed by atoms with E-state index in [9.17, 15) is 9.18 Å². The van der Waals surface area contributed by atoms with Crippen LogP contribution < -0.4 is 4.90 Å². The van der Waals surface area contributed by atoms with Gasteiger partial charge in [-0.3, -0.25) is 4.79 Å². The van der Waals surface area contributed by atoms with Crippen LogP contribution in [0, 0.1) is 12.7 Å². The predicted octanol–water partition coefficient (Wildman–Crippen LogP) is 5.29. The van der Waals surface area contributed by atoms with Crippen molar-refractivity contribution in [2.24, 2.45) is 0 Å². The molecule has 0 radical (unpaired) electrons. The minimum Gasteiger partial charge on any atom is -0.365 e. The molecule has 0 N–H and O–H groups in total. The van der Waals surface area contributed by atoms with E-state index in [-0.39, 0.29) is 17.8 Å². The zero-order chi connectivity index (χ0) is 22.2. The van der Waals surface area contributed by atoms with Crippen LogP contribution >= 0.6 is 0 Å². The topological polar surface area (TPSA) is 49.6 Å². The summed E-state index contributed by atoms with van der Waals surface area (Å²) in [5, 5.41) is 4.84. The lowest BCUT2D eigenvalue weighted by Crippen LogP contribution is -2.53. The Labute approximate surface area is 186 Å². The van der Waals surface area contributed by atoms with Gasteiger partial charge in [-0.2, -0.15) is 0 Å². The summed E-state index contributed by atoms with van der Waals surface area (Å²) in [5.41, 5.74) is 4.41. The zero-order valence-corrected chi connectivity index (χ0v) is 18.1. The Bertz CT molecular complexity index is 1280. The first-order valence-corrected chi connectivity index (χ1v) is 10.8. The van der Waals surface area contributed by atoms with Gasteiger partial charge in [-0.15, -0.1) is 0 Å². The highest BCUT2D eigenvalue weighted by molar-refractivity contribution is 6.01. The highest BCUT2D eigenvalue weighted by Crippen LogP contribution is 2.30. The fourth-order valence-electron chi connectivity index (χ4n) is 4.40. The van der Waals surface area contributed by atoms with Gasteiger partial charge in [0.05, 0.1) is 5.39 Å². The number of amides is 1. The summed E-state index contributed by atoms with van der Waals surface area (Å²) in [6.45, 7) is 6.34. The molecule has 1 saturated heterocycles. The van der Waals surface area contributed by atoms with Crippen LogP contribution in [0.3, 0.4) is 0 Å². The van der Waals surface area contributed by atoms with Gasteiger partial charge in [0.1, 0.15) is 11.3 Å². The first-order valence-electron chi connectivity index (χ1n) is 10.8. The number of anilines is 1. The number of rotatable bonds is 3. The Morgan fingerprint density at radius 3 is 2.62 bits per heavy atom. The second-order valence-corrected chi connectivity index (χ2v) is 8.38. The molecule has 1 atom stereocenters.